The van der Waals surface area contributed by atoms with Crippen LogP contribution in [-0.4, -0.2) is 35.7 Å². The summed E-state index contributed by atoms with van der Waals surface area (Å²) in [4.78, 5) is 37.9. The van der Waals surface area contributed by atoms with Crippen LogP contribution < -0.4 is 11.1 Å². The lowest BCUT2D eigenvalue weighted by Crippen LogP contribution is -2.41. The number of anilines is 1. The van der Waals surface area contributed by atoms with Crippen LogP contribution in [0.4, 0.5) is 5.69 Å². The van der Waals surface area contributed by atoms with Gasteiger partial charge in [0.2, 0.25) is 11.8 Å². The van der Waals surface area contributed by atoms with Crippen LogP contribution in [0.25, 0.3) is 0 Å². The van der Waals surface area contributed by atoms with Gasteiger partial charge in [0, 0.05) is 35.8 Å². The number of hydrogen-bond acceptors (Lipinski definition) is 3. The SMILES string of the molecule is Cc1ccc(C(=O)N2CCC(C(=O)Nc3ccc(C(N)=O)cc3)CC2)cc1. The minimum atomic E-state index is -0.501. The Morgan fingerprint density at radius 1 is 0.926 bits per heavy atom. The van der Waals surface area contributed by atoms with Crippen LogP contribution in [0, 0.1) is 12.8 Å². The summed E-state index contributed by atoms with van der Waals surface area (Å²) in [6.45, 7) is 3.11. The van der Waals surface area contributed by atoms with E-state index < -0.39 is 5.91 Å². The van der Waals surface area contributed by atoms with Crippen molar-refractivity contribution in [1.82, 2.24) is 4.90 Å². The maximum Gasteiger partial charge on any atom is 0.253 e. The number of likely N-dealkylation sites (tertiary alicyclic amines) is 1. The molecule has 3 N–H and O–H groups in total. The molecule has 0 bridgehead atoms. The van der Waals surface area contributed by atoms with Gasteiger partial charge < -0.3 is 16.0 Å². The number of carbonyl (C=O) groups excluding carboxylic acids is 3. The normalized spacial score (nSPS) is 14.6. The van der Waals surface area contributed by atoms with Crippen molar-refractivity contribution in [2.24, 2.45) is 11.7 Å². The summed E-state index contributed by atoms with van der Waals surface area (Å²) >= 11 is 0. The molecule has 0 spiro atoms. The van der Waals surface area contributed by atoms with Crippen molar-refractivity contribution < 1.29 is 14.4 Å². The van der Waals surface area contributed by atoms with Crippen LogP contribution in [0.1, 0.15) is 39.1 Å². The van der Waals surface area contributed by atoms with Gasteiger partial charge in [-0.05, 0) is 56.2 Å². The molecule has 1 saturated heterocycles. The fourth-order valence-electron chi connectivity index (χ4n) is 3.19. The highest BCUT2D eigenvalue weighted by Crippen LogP contribution is 2.21. The number of nitrogens with zero attached hydrogens (tertiary/aromatic N) is 1. The predicted molar refractivity (Wildman–Crippen MR) is 103 cm³/mol. The Bertz CT molecular complexity index is 836. The minimum absolute atomic E-state index is 0.0101. The fourth-order valence-corrected chi connectivity index (χ4v) is 3.19. The van der Waals surface area contributed by atoms with E-state index >= 15 is 0 Å². The third-order valence-corrected chi connectivity index (χ3v) is 4.89. The summed E-state index contributed by atoms with van der Waals surface area (Å²) in [6.07, 6.45) is 1.26. The lowest BCUT2D eigenvalue weighted by molar-refractivity contribution is -0.121. The van der Waals surface area contributed by atoms with Gasteiger partial charge in [0.25, 0.3) is 5.91 Å². The van der Waals surface area contributed by atoms with Crippen molar-refractivity contribution in [1.29, 1.82) is 0 Å². The zero-order valence-electron chi connectivity index (χ0n) is 15.3. The Morgan fingerprint density at radius 2 is 1.48 bits per heavy atom. The third kappa shape index (κ3) is 4.53. The standard InChI is InChI=1S/C21H23N3O3/c1-14-2-4-17(5-3-14)21(27)24-12-10-16(11-13-24)20(26)23-18-8-6-15(7-9-18)19(22)25/h2-9,16H,10-13H2,1H3,(H2,22,25)(H,23,26). The van der Waals surface area contributed by atoms with Gasteiger partial charge in [0.15, 0.2) is 0 Å². The van der Waals surface area contributed by atoms with E-state index in [-0.39, 0.29) is 17.7 Å². The highest BCUT2D eigenvalue weighted by atomic mass is 16.2. The van der Waals surface area contributed by atoms with Crippen molar-refractivity contribution in [2.45, 2.75) is 19.8 Å². The molecule has 27 heavy (non-hydrogen) atoms. The van der Waals surface area contributed by atoms with Crippen LogP contribution in [0.3, 0.4) is 0 Å². The average Bonchev–Trinajstić information content (AvgIpc) is 2.68. The molecule has 0 saturated carbocycles. The molecule has 6 heteroatoms. The van der Waals surface area contributed by atoms with E-state index in [4.69, 9.17) is 5.73 Å². The quantitative estimate of drug-likeness (QED) is 0.872. The van der Waals surface area contributed by atoms with Gasteiger partial charge in [-0.3, -0.25) is 14.4 Å². The Hall–Kier alpha value is -3.15. The van der Waals surface area contributed by atoms with Crippen LogP contribution >= 0.6 is 0 Å². The van der Waals surface area contributed by atoms with Crippen molar-refractivity contribution in [3.8, 4) is 0 Å². The van der Waals surface area contributed by atoms with Crippen molar-refractivity contribution in [3.63, 3.8) is 0 Å². The number of amides is 3. The second-order valence-corrected chi connectivity index (χ2v) is 6.86. The summed E-state index contributed by atoms with van der Waals surface area (Å²) in [7, 11) is 0. The molecular weight excluding hydrogens is 342 g/mol. The number of rotatable bonds is 4. The van der Waals surface area contributed by atoms with Gasteiger partial charge in [-0.15, -0.1) is 0 Å². The highest BCUT2D eigenvalue weighted by Gasteiger charge is 2.27. The van der Waals surface area contributed by atoms with Crippen LogP contribution in [0.15, 0.2) is 48.5 Å². The second kappa shape index (κ2) is 8.03. The summed E-state index contributed by atoms with van der Waals surface area (Å²) < 4.78 is 0. The first kappa shape index (κ1) is 18.6. The Balaban J connectivity index is 1.53. The van der Waals surface area contributed by atoms with Gasteiger partial charge in [-0.2, -0.15) is 0 Å². The first-order valence-corrected chi connectivity index (χ1v) is 9.01. The molecule has 6 nitrogen and oxygen atoms in total. The molecule has 0 radical (unpaired) electrons. The topological polar surface area (TPSA) is 92.5 Å². The molecule has 1 aliphatic rings. The maximum absolute atomic E-state index is 12.6. The molecule has 2 aromatic carbocycles. The second-order valence-electron chi connectivity index (χ2n) is 6.86. The highest BCUT2D eigenvalue weighted by molar-refractivity contribution is 5.96. The Labute approximate surface area is 158 Å². The summed E-state index contributed by atoms with van der Waals surface area (Å²) in [5.41, 5.74) is 8.03. The number of aryl methyl sites for hydroxylation is 1. The first-order valence-electron chi connectivity index (χ1n) is 9.01. The number of carbonyl (C=O) groups is 3. The van der Waals surface area contributed by atoms with Crippen molar-refractivity contribution in [3.05, 3.63) is 65.2 Å². The molecule has 0 aliphatic carbocycles. The number of nitrogens with two attached hydrogens (primary N) is 1. The largest absolute Gasteiger partial charge is 0.366 e. The number of piperidine rings is 1. The first-order chi connectivity index (χ1) is 12.9. The summed E-state index contributed by atoms with van der Waals surface area (Å²) in [6, 6.07) is 14.0. The van der Waals surface area contributed by atoms with Crippen LogP contribution in [0.2, 0.25) is 0 Å². The van der Waals surface area contributed by atoms with Crippen LogP contribution in [-0.2, 0) is 4.79 Å². The van der Waals surface area contributed by atoms with Gasteiger partial charge in [0.1, 0.15) is 0 Å². The van der Waals surface area contributed by atoms with E-state index in [1.54, 1.807) is 29.2 Å². The van der Waals surface area contributed by atoms with Gasteiger partial charge in [0.05, 0.1) is 0 Å². The van der Waals surface area contributed by atoms with Gasteiger partial charge >= 0.3 is 0 Å². The molecule has 1 fully saturated rings. The molecule has 2 aromatic rings. The molecular formula is C21H23N3O3. The van der Waals surface area contributed by atoms with Crippen molar-refractivity contribution >= 4 is 23.4 Å². The predicted octanol–water partition coefficient (Wildman–Crippen LogP) is 2.58. The summed E-state index contributed by atoms with van der Waals surface area (Å²) in [5.74, 6) is -0.693. The molecule has 1 aliphatic heterocycles. The Kier molecular flexibility index (Phi) is 5.54. The molecule has 0 atom stereocenters. The van der Waals surface area contributed by atoms with E-state index in [1.165, 1.54) is 0 Å². The molecule has 3 amide bonds. The zero-order chi connectivity index (χ0) is 19.4. The molecule has 3 rings (SSSR count). The zero-order valence-corrected chi connectivity index (χ0v) is 15.3. The maximum atomic E-state index is 12.6. The molecule has 1 heterocycles. The fraction of sp³-hybridized carbons (Fsp3) is 0.286. The monoisotopic (exact) mass is 365 g/mol. The van der Waals surface area contributed by atoms with Gasteiger partial charge in [-0.1, -0.05) is 17.7 Å². The molecule has 0 aromatic heterocycles. The number of primary amides is 1. The third-order valence-electron chi connectivity index (χ3n) is 4.89. The van der Waals surface area contributed by atoms with Crippen LogP contribution in [0.5, 0.6) is 0 Å². The van der Waals surface area contributed by atoms with E-state index in [0.29, 0.717) is 42.7 Å². The van der Waals surface area contributed by atoms with Gasteiger partial charge in [-0.25, -0.2) is 0 Å². The van der Waals surface area contributed by atoms with Crippen molar-refractivity contribution in [2.75, 3.05) is 18.4 Å². The average molecular weight is 365 g/mol. The lowest BCUT2D eigenvalue weighted by Gasteiger charge is -2.31. The molecule has 0 unspecified atom stereocenters. The smallest absolute Gasteiger partial charge is 0.253 e. The number of hydrogen-bond donors (Lipinski definition) is 2. The van der Waals surface area contributed by atoms with E-state index in [2.05, 4.69) is 5.32 Å². The van der Waals surface area contributed by atoms with E-state index in [0.717, 1.165) is 5.56 Å². The molecule has 140 valence electrons. The minimum Gasteiger partial charge on any atom is -0.366 e. The Morgan fingerprint density at radius 3 is 2.04 bits per heavy atom. The number of benzene rings is 2. The number of nitrogens with one attached hydrogen (secondary N) is 1. The van der Waals surface area contributed by atoms with E-state index in [9.17, 15) is 14.4 Å². The summed E-state index contributed by atoms with van der Waals surface area (Å²) in [5, 5.41) is 2.87. The van der Waals surface area contributed by atoms with E-state index in [1.807, 2.05) is 31.2 Å². The lowest BCUT2D eigenvalue weighted by atomic mass is 9.95.